The van der Waals surface area contributed by atoms with E-state index in [2.05, 4.69) is 44.9 Å². The van der Waals surface area contributed by atoms with Crippen molar-refractivity contribution >= 4 is 68.1 Å². The first-order chi connectivity index (χ1) is 36.6. The van der Waals surface area contributed by atoms with Gasteiger partial charge >= 0.3 is 5.97 Å². The van der Waals surface area contributed by atoms with E-state index in [-0.39, 0.29) is 34.6 Å². The third-order valence-electron chi connectivity index (χ3n) is 13.5. The van der Waals surface area contributed by atoms with E-state index in [9.17, 15) is 27.6 Å². The number of ketones is 2. The summed E-state index contributed by atoms with van der Waals surface area (Å²) in [5, 5.41) is 8.97. The lowest BCUT2D eigenvalue weighted by atomic mass is 9.81. The number of hydrogen-bond donors (Lipinski definition) is 5. The summed E-state index contributed by atoms with van der Waals surface area (Å²) >= 11 is 0. The van der Waals surface area contributed by atoms with Crippen LogP contribution in [0.5, 0.6) is 0 Å². The predicted octanol–water partition coefficient (Wildman–Crippen LogP) is 10.2. The van der Waals surface area contributed by atoms with Gasteiger partial charge in [0, 0.05) is 46.7 Å². The molecule has 6 aromatic heterocycles. The van der Waals surface area contributed by atoms with Gasteiger partial charge in [0.15, 0.2) is 29.0 Å². The Labute approximate surface area is 433 Å². The van der Waals surface area contributed by atoms with Crippen LogP contribution in [0.25, 0.3) is 66.9 Å². The molecule has 20 heteroatoms. The number of fused-ring (bicyclic) bond motifs is 3. The van der Waals surface area contributed by atoms with Crippen LogP contribution in [0.2, 0.25) is 0 Å². The van der Waals surface area contributed by atoms with Crippen LogP contribution in [0.1, 0.15) is 102 Å². The lowest BCUT2D eigenvalue weighted by Gasteiger charge is -2.24. The van der Waals surface area contributed by atoms with Gasteiger partial charge in [-0.3, -0.25) is 9.59 Å². The van der Waals surface area contributed by atoms with E-state index >= 15 is 0 Å². The molecule has 0 atom stereocenters. The summed E-state index contributed by atoms with van der Waals surface area (Å²) in [5.74, 6) is -1.18. The zero-order valence-electron chi connectivity index (χ0n) is 41.0. The number of carboxylic acids is 1. The standard InChI is InChI=1S/2C19H17FN4O.C14H9FN4O2.C4H9N/c2*20-14-8-12(7-13(9-14)17(25)6-11-2-1-3-11)15-4-5-16-18(24-15)19(21)23-10-22-16;15-9-4-7(3-8(5-9)14(20)21)10-1-2-11-12(19-10)13(16)18-6-17-11;5-4-2-1-3-4/h2*4-5,7-11H,1-3,6H2,(H2,21,22,23);1-6H,(H,20,21)(H2,16,17,18);4H,1-3,5H2. The van der Waals surface area contributed by atoms with Crippen molar-refractivity contribution in [2.75, 3.05) is 17.2 Å². The number of aromatic carboxylic acids is 1. The van der Waals surface area contributed by atoms with Crippen molar-refractivity contribution in [2.24, 2.45) is 17.6 Å². The Balaban J connectivity index is 0.000000133. The molecule has 0 radical (unpaired) electrons. The normalized spacial score (nSPS) is 14.2. The molecule has 76 heavy (non-hydrogen) atoms. The van der Waals surface area contributed by atoms with Crippen LogP contribution in [0.3, 0.4) is 0 Å². The molecule has 0 amide bonds. The van der Waals surface area contributed by atoms with Gasteiger partial charge in [0.2, 0.25) is 0 Å². The molecule has 3 aliphatic carbocycles. The summed E-state index contributed by atoms with van der Waals surface area (Å²) in [4.78, 5) is 72.9. The Hall–Kier alpha value is -8.91. The number of nitrogens with zero attached hydrogens (tertiary/aromatic N) is 9. The number of halogens is 3. The average molecular weight is 1030 g/mol. The first-order valence-corrected chi connectivity index (χ1v) is 24.7. The lowest BCUT2D eigenvalue weighted by molar-refractivity contribution is 0.0695. The van der Waals surface area contributed by atoms with Crippen LogP contribution in [0.15, 0.2) is 110 Å². The summed E-state index contributed by atoms with van der Waals surface area (Å²) in [6, 6.07) is 23.1. The number of nitrogen functional groups attached to an aromatic ring is 3. The molecule has 3 fully saturated rings. The van der Waals surface area contributed by atoms with Crippen LogP contribution in [0, 0.1) is 29.3 Å². The monoisotopic (exact) mass is 1030 g/mol. The Bertz CT molecular complexity index is 3490. The largest absolute Gasteiger partial charge is 0.478 e. The van der Waals surface area contributed by atoms with Crippen molar-refractivity contribution in [1.29, 1.82) is 0 Å². The molecule has 6 heterocycles. The molecule has 0 unspecified atom stereocenters. The van der Waals surface area contributed by atoms with Gasteiger partial charge in [-0.1, -0.05) is 44.9 Å². The molecule has 0 aliphatic heterocycles. The Morgan fingerprint density at radius 1 is 0.461 bits per heavy atom. The molecule has 0 spiro atoms. The molecule has 3 saturated carbocycles. The third kappa shape index (κ3) is 12.5. The summed E-state index contributed by atoms with van der Waals surface area (Å²) in [5.41, 5.74) is 29.4. The maximum Gasteiger partial charge on any atom is 0.335 e. The second-order valence-corrected chi connectivity index (χ2v) is 19.0. The van der Waals surface area contributed by atoms with Crippen molar-refractivity contribution in [1.82, 2.24) is 44.9 Å². The third-order valence-corrected chi connectivity index (χ3v) is 13.5. The first kappa shape index (κ1) is 52.0. The number of nitrogens with two attached hydrogens (primary N) is 4. The smallest absolute Gasteiger partial charge is 0.335 e. The molecule has 386 valence electrons. The fraction of sp³-hybridized carbons (Fsp3) is 0.250. The number of benzene rings is 3. The summed E-state index contributed by atoms with van der Waals surface area (Å²) in [6.07, 6.45) is 15.6. The molecule has 0 saturated heterocycles. The van der Waals surface area contributed by atoms with Gasteiger partial charge in [0.1, 0.15) is 53.0 Å². The second kappa shape index (κ2) is 23.1. The first-order valence-electron chi connectivity index (χ1n) is 24.7. The van der Waals surface area contributed by atoms with Crippen LogP contribution in [-0.2, 0) is 0 Å². The van der Waals surface area contributed by atoms with Crippen LogP contribution < -0.4 is 22.9 Å². The fourth-order valence-corrected chi connectivity index (χ4v) is 8.61. The number of rotatable bonds is 10. The SMILES string of the molecule is NC1CCC1.Nc1ncnc2ccc(-c3cc(F)cc(C(=O)CC4CCC4)c3)nc12.Nc1ncnc2ccc(-c3cc(F)cc(C(=O)CC4CCC4)c3)nc12.Nc1ncnc2ccc(-c3cc(F)cc(C(=O)O)c3)nc12. The molecule has 9 N–H and O–H groups in total. The van der Waals surface area contributed by atoms with Gasteiger partial charge in [-0.05, 0) is 116 Å². The quantitative estimate of drug-likeness (QED) is 0.0796. The topological polar surface area (TPSA) is 292 Å². The Kier molecular flexibility index (Phi) is 15.8. The number of carboxylic acid groups (broad SMARTS) is 1. The molecule has 12 rings (SSSR count). The number of anilines is 3. The molecule has 17 nitrogen and oxygen atoms in total. The average Bonchev–Trinajstić information content (AvgIpc) is 3.40. The van der Waals surface area contributed by atoms with E-state index in [4.69, 9.17) is 28.0 Å². The number of pyridine rings is 3. The molecular weight excluding hydrogens is 976 g/mol. The molecular formula is C56H52F3N13O4. The van der Waals surface area contributed by atoms with E-state index in [0.717, 1.165) is 31.7 Å². The zero-order valence-corrected chi connectivity index (χ0v) is 41.0. The van der Waals surface area contributed by atoms with Crippen LogP contribution in [0.4, 0.5) is 30.6 Å². The van der Waals surface area contributed by atoms with Gasteiger partial charge in [-0.25, -0.2) is 62.8 Å². The minimum absolute atomic E-state index is 0.0194. The van der Waals surface area contributed by atoms with E-state index in [1.807, 2.05) is 0 Å². The number of carbonyl (C=O) groups excluding carboxylic acids is 2. The Morgan fingerprint density at radius 2 is 0.776 bits per heavy atom. The highest BCUT2D eigenvalue weighted by Gasteiger charge is 2.24. The molecule has 3 aliphatic rings. The van der Waals surface area contributed by atoms with E-state index in [1.165, 1.54) is 87.5 Å². The maximum absolute atomic E-state index is 14.1. The van der Waals surface area contributed by atoms with E-state index in [0.29, 0.717) is 109 Å². The summed E-state index contributed by atoms with van der Waals surface area (Å²) in [6.45, 7) is 0. The lowest BCUT2D eigenvalue weighted by Crippen LogP contribution is -2.27. The molecule has 9 aromatic rings. The highest BCUT2D eigenvalue weighted by Crippen LogP contribution is 2.34. The summed E-state index contributed by atoms with van der Waals surface area (Å²) < 4.78 is 41.7. The molecule has 0 bridgehead atoms. The van der Waals surface area contributed by atoms with E-state index in [1.54, 1.807) is 48.5 Å². The van der Waals surface area contributed by atoms with Gasteiger partial charge in [-0.2, -0.15) is 0 Å². The highest BCUT2D eigenvalue weighted by atomic mass is 19.1. The minimum Gasteiger partial charge on any atom is -0.478 e. The van der Waals surface area contributed by atoms with Gasteiger partial charge in [0.25, 0.3) is 0 Å². The molecule has 3 aromatic carbocycles. The van der Waals surface area contributed by atoms with Crippen LogP contribution >= 0.6 is 0 Å². The van der Waals surface area contributed by atoms with Crippen molar-refractivity contribution in [2.45, 2.75) is 76.7 Å². The number of Topliss-reactive ketones (excluding diaryl/α,β-unsaturated/α-hetero) is 2. The zero-order chi connectivity index (χ0) is 53.5. The maximum atomic E-state index is 14.1. The summed E-state index contributed by atoms with van der Waals surface area (Å²) in [7, 11) is 0. The van der Waals surface area contributed by atoms with Crippen molar-refractivity contribution < 1.29 is 32.7 Å². The number of hydrogen-bond acceptors (Lipinski definition) is 16. The Morgan fingerprint density at radius 3 is 1.07 bits per heavy atom. The predicted molar refractivity (Wildman–Crippen MR) is 283 cm³/mol. The van der Waals surface area contributed by atoms with Crippen molar-refractivity contribution in [3.8, 4) is 33.8 Å². The van der Waals surface area contributed by atoms with Gasteiger partial charge in [-0.15, -0.1) is 0 Å². The highest BCUT2D eigenvalue weighted by molar-refractivity contribution is 5.98. The second-order valence-electron chi connectivity index (χ2n) is 19.0. The van der Waals surface area contributed by atoms with Crippen molar-refractivity contribution in [3.63, 3.8) is 0 Å². The van der Waals surface area contributed by atoms with Gasteiger partial charge in [0.05, 0.1) is 39.2 Å². The van der Waals surface area contributed by atoms with Crippen molar-refractivity contribution in [3.05, 3.63) is 144 Å². The number of carbonyl (C=O) groups is 3. The van der Waals surface area contributed by atoms with E-state index < -0.39 is 23.4 Å². The van der Waals surface area contributed by atoms with Gasteiger partial charge < -0.3 is 28.0 Å². The minimum atomic E-state index is -1.21. The van der Waals surface area contributed by atoms with Crippen LogP contribution in [-0.4, -0.2) is 73.5 Å². The fourth-order valence-electron chi connectivity index (χ4n) is 8.61. The number of aromatic nitrogens is 9.